The minimum Gasteiger partial charge on any atom is -0.344 e. The van der Waals surface area contributed by atoms with E-state index in [-0.39, 0.29) is 6.15 Å². The first kappa shape index (κ1) is 14.4. The zero-order valence-electron chi connectivity index (χ0n) is 9.22. The molecule has 0 unspecified atom stereocenters. The highest BCUT2D eigenvalue weighted by Crippen LogP contribution is 2.06. The molecular weight excluding hydrogens is 158 g/mol. The average Bonchev–Trinajstić information content (AvgIpc) is 1.84. The molecule has 0 spiro atoms. The summed E-state index contributed by atoms with van der Waals surface area (Å²) in [7, 11) is 0. The fourth-order valence-electron chi connectivity index (χ4n) is 1.20. The van der Waals surface area contributed by atoms with Crippen LogP contribution >= 0.6 is 0 Å². The minimum atomic E-state index is 0. The Balaban J connectivity index is 0. The van der Waals surface area contributed by atoms with E-state index in [1.165, 1.54) is 16.7 Å². The smallest absolute Gasteiger partial charge is 0.0398 e. The molecule has 0 fully saturated rings. The first-order valence-electron chi connectivity index (χ1n) is 4.22. The van der Waals surface area contributed by atoms with E-state index >= 15 is 0 Å². The van der Waals surface area contributed by atoms with E-state index in [1.807, 2.05) is 6.92 Å². The van der Waals surface area contributed by atoms with Gasteiger partial charge in [0.2, 0.25) is 0 Å². The standard InChI is InChI=1S/C9H12.C3H6.H3N/c1-7-4-8(2)6-9(3)5-7;1-3-2;/h4-6H,1-3H3;3H,1H2,2H3;1H3. The van der Waals surface area contributed by atoms with E-state index in [0.717, 1.165) is 0 Å². The molecule has 0 aliphatic carbocycles. The molecule has 0 aliphatic rings. The van der Waals surface area contributed by atoms with Crippen LogP contribution in [0.5, 0.6) is 0 Å². The molecule has 13 heavy (non-hydrogen) atoms. The summed E-state index contributed by atoms with van der Waals surface area (Å²) in [4.78, 5) is 0. The van der Waals surface area contributed by atoms with Crippen molar-refractivity contribution in [2.75, 3.05) is 0 Å². The lowest BCUT2D eigenvalue weighted by molar-refractivity contribution is 1.32. The van der Waals surface area contributed by atoms with E-state index in [9.17, 15) is 0 Å². The summed E-state index contributed by atoms with van der Waals surface area (Å²) in [5.41, 5.74) is 4.06. The number of hydrogen-bond donors (Lipinski definition) is 1. The third kappa shape index (κ3) is 7.29. The lowest BCUT2D eigenvalue weighted by Gasteiger charge is -1.96. The van der Waals surface area contributed by atoms with Gasteiger partial charge in [-0.05, 0) is 27.7 Å². The lowest BCUT2D eigenvalue weighted by atomic mass is 10.1. The Morgan fingerprint density at radius 2 is 1.08 bits per heavy atom. The van der Waals surface area contributed by atoms with Gasteiger partial charge < -0.3 is 6.15 Å². The Morgan fingerprint density at radius 3 is 1.23 bits per heavy atom. The molecule has 0 saturated carbocycles. The van der Waals surface area contributed by atoms with Crippen molar-refractivity contribution in [1.29, 1.82) is 0 Å². The highest BCUT2D eigenvalue weighted by atomic mass is 14.0. The maximum atomic E-state index is 3.36. The van der Waals surface area contributed by atoms with Gasteiger partial charge >= 0.3 is 0 Å². The summed E-state index contributed by atoms with van der Waals surface area (Å²) in [6.45, 7) is 11.6. The molecule has 74 valence electrons. The van der Waals surface area contributed by atoms with E-state index < -0.39 is 0 Å². The molecule has 0 atom stereocenters. The number of rotatable bonds is 0. The van der Waals surface area contributed by atoms with Crippen LogP contribution in [0.2, 0.25) is 0 Å². The van der Waals surface area contributed by atoms with Gasteiger partial charge in [-0.3, -0.25) is 0 Å². The van der Waals surface area contributed by atoms with E-state index in [0.29, 0.717) is 0 Å². The summed E-state index contributed by atoms with van der Waals surface area (Å²) in [5, 5.41) is 0. The summed E-state index contributed by atoms with van der Waals surface area (Å²) < 4.78 is 0. The third-order valence-corrected chi connectivity index (χ3v) is 1.37. The van der Waals surface area contributed by atoms with Crippen molar-refractivity contribution >= 4 is 0 Å². The Morgan fingerprint density at radius 1 is 0.923 bits per heavy atom. The van der Waals surface area contributed by atoms with Crippen molar-refractivity contribution in [3.05, 3.63) is 47.5 Å². The maximum Gasteiger partial charge on any atom is -0.0398 e. The molecule has 1 rings (SSSR count). The van der Waals surface area contributed by atoms with Gasteiger partial charge in [0.25, 0.3) is 0 Å². The largest absolute Gasteiger partial charge is 0.344 e. The predicted molar refractivity (Wildman–Crippen MR) is 61.5 cm³/mol. The molecule has 1 heteroatoms. The molecule has 1 aromatic carbocycles. The van der Waals surface area contributed by atoms with Crippen LogP contribution in [0.25, 0.3) is 0 Å². The average molecular weight is 179 g/mol. The van der Waals surface area contributed by atoms with Crippen LogP contribution in [0, 0.1) is 20.8 Å². The van der Waals surface area contributed by atoms with Crippen molar-refractivity contribution in [1.82, 2.24) is 6.15 Å². The van der Waals surface area contributed by atoms with Crippen LogP contribution in [0.4, 0.5) is 0 Å². The molecule has 0 bridgehead atoms. The Kier molecular flexibility index (Phi) is 8.40. The van der Waals surface area contributed by atoms with Crippen LogP contribution in [0.15, 0.2) is 30.9 Å². The molecular formula is C12H21N. The molecule has 3 N–H and O–H groups in total. The second kappa shape index (κ2) is 7.56. The molecule has 0 aliphatic heterocycles. The van der Waals surface area contributed by atoms with Gasteiger partial charge in [0.05, 0.1) is 0 Å². The highest BCUT2D eigenvalue weighted by Gasteiger charge is 1.87. The topological polar surface area (TPSA) is 35.0 Å². The molecule has 0 radical (unpaired) electrons. The van der Waals surface area contributed by atoms with Crippen LogP contribution in [0.1, 0.15) is 23.6 Å². The van der Waals surface area contributed by atoms with Crippen molar-refractivity contribution in [2.45, 2.75) is 27.7 Å². The third-order valence-electron chi connectivity index (χ3n) is 1.37. The monoisotopic (exact) mass is 179 g/mol. The first-order chi connectivity index (χ1) is 5.60. The van der Waals surface area contributed by atoms with Gasteiger partial charge in [0, 0.05) is 0 Å². The zero-order chi connectivity index (χ0) is 9.56. The second-order valence-electron chi connectivity index (χ2n) is 3.07. The summed E-state index contributed by atoms with van der Waals surface area (Å²) >= 11 is 0. The van der Waals surface area contributed by atoms with Crippen LogP contribution in [-0.4, -0.2) is 0 Å². The fourth-order valence-corrected chi connectivity index (χ4v) is 1.20. The van der Waals surface area contributed by atoms with Gasteiger partial charge in [-0.15, -0.1) is 6.58 Å². The first-order valence-corrected chi connectivity index (χ1v) is 4.22. The van der Waals surface area contributed by atoms with Crippen molar-refractivity contribution in [3.8, 4) is 0 Å². The fraction of sp³-hybridized carbons (Fsp3) is 0.333. The molecule has 0 aromatic heterocycles. The van der Waals surface area contributed by atoms with Gasteiger partial charge in [-0.25, -0.2) is 0 Å². The van der Waals surface area contributed by atoms with Crippen LogP contribution < -0.4 is 6.15 Å². The summed E-state index contributed by atoms with van der Waals surface area (Å²) in [6, 6.07) is 6.56. The van der Waals surface area contributed by atoms with Crippen molar-refractivity contribution in [3.63, 3.8) is 0 Å². The predicted octanol–water partition coefficient (Wildman–Crippen LogP) is 3.97. The minimum absolute atomic E-state index is 0. The van der Waals surface area contributed by atoms with Crippen molar-refractivity contribution < 1.29 is 0 Å². The number of benzene rings is 1. The van der Waals surface area contributed by atoms with Gasteiger partial charge in [-0.2, -0.15) is 0 Å². The quantitative estimate of drug-likeness (QED) is 0.601. The van der Waals surface area contributed by atoms with Crippen LogP contribution in [-0.2, 0) is 0 Å². The van der Waals surface area contributed by atoms with Crippen LogP contribution in [0.3, 0.4) is 0 Å². The Labute approximate surface area is 82.1 Å². The van der Waals surface area contributed by atoms with Gasteiger partial charge in [-0.1, -0.05) is 41.0 Å². The highest BCUT2D eigenvalue weighted by molar-refractivity contribution is 5.27. The number of allylic oxidation sites excluding steroid dienone is 1. The molecule has 1 nitrogen and oxygen atoms in total. The maximum absolute atomic E-state index is 3.36. The second-order valence-corrected chi connectivity index (χ2v) is 3.07. The molecule has 1 aromatic rings. The van der Waals surface area contributed by atoms with E-state index in [2.05, 4.69) is 45.5 Å². The molecule has 0 saturated heterocycles. The van der Waals surface area contributed by atoms with E-state index in [4.69, 9.17) is 0 Å². The van der Waals surface area contributed by atoms with E-state index in [1.54, 1.807) is 6.08 Å². The SMILES string of the molecule is C=CC.Cc1cc(C)cc(C)c1.N. The number of hydrogen-bond acceptors (Lipinski definition) is 1. The summed E-state index contributed by atoms with van der Waals surface area (Å²) in [6.07, 6.45) is 1.75. The normalized spacial score (nSPS) is 7.69. The number of aryl methyl sites for hydroxylation is 3. The lowest BCUT2D eigenvalue weighted by Crippen LogP contribution is -1.78. The van der Waals surface area contributed by atoms with Crippen molar-refractivity contribution in [2.24, 2.45) is 0 Å². The Bertz CT molecular complexity index is 201. The molecule has 0 heterocycles. The molecule has 0 amide bonds. The van der Waals surface area contributed by atoms with Gasteiger partial charge in [0.15, 0.2) is 0 Å². The zero-order valence-corrected chi connectivity index (χ0v) is 9.22. The Hall–Kier alpha value is -1.08. The van der Waals surface area contributed by atoms with Gasteiger partial charge in [0.1, 0.15) is 0 Å². The summed E-state index contributed by atoms with van der Waals surface area (Å²) in [5.74, 6) is 0.